The highest BCUT2D eigenvalue weighted by Gasteiger charge is 2.27. The zero-order valence-electron chi connectivity index (χ0n) is 12.7. The van der Waals surface area contributed by atoms with Crippen molar-refractivity contribution in [1.29, 1.82) is 0 Å². The molecule has 0 aromatic carbocycles. The van der Waals surface area contributed by atoms with Crippen molar-refractivity contribution in [2.75, 3.05) is 13.1 Å². The fraction of sp³-hybridized carbons (Fsp3) is 0.688. The van der Waals surface area contributed by atoms with Crippen molar-refractivity contribution >= 4 is 5.97 Å². The van der Waals surface area contributed by atoms with E-state index in [0.29, 0.717) is 23.7 Å². The van der Waals surface area contributed by atoms with E-state index in [1.807, 2.05) is 16.8 Å². The van der Waals surface area contributed by atoms with Gasteiger partial charge in [-0.1, -0.05) is 20.3 Å². The molecule has 2 unspecified atom stereocenters. The predicted molar refractivity (Wildman–Crippen MR) is 80.2 cm³/mol. The van der Waals surface area contributed by atoms with Crippen molar-refractivity contribution in [3.05, 3.63) is 24.0 Å². The average molecular weight is 278 g/mol. The Hall–Kier alpha value is -1.29. The molecule has 0 aliphatic carbocycles. The molecule has 112 valence electrons. The van der Waals surface area contributed by atoms with Crippen molar-refractivity contribution in [3.63, 3.8) is 0 Å². The summed E-state index contributed by atoms with van der Waals surface area (Å²) in [6.45, 7) is 8.99. The van der Waals surface area contributed by atoms with E-state index < -0.39 is 5.97 Å². The highest BCUT2D eigenvalue weighted by molar-refractivity contribution is 5.85. The standard InChI is InChI=1S/C16H26N2O2/c1-4-12(2)13(3)17-10-7-14(8-11-17)18-9-5-6-15(18)16(19)20/h5-6,9,12-14H,4,7-8,10-11H2,1-3H3,(H,19,20). The SMILES string of the molecule is CCC(C)C(C)N1CCC(n2cccc2C(=O)O)CC1. The molecule has 1 N–H and O–H groups in total. The summed E-state index contributed by atoms with van der Waals surface area (Å²) in [7, 11) is 0. The van der Waals surface area contributed by atoms with Crippen molar-refractivity contribution in [2.24, 2.45) is 5.92 Å². The van der Waals surface area contributed by atoms with Gasteiger partial charge in [0.1, 0.15) is 5.69 Å². The van der Waals surface area contributed by atoms with Crippen LogP contribution in [0.5, 0.6) is 0 Å². The van der Waals surface area contributed by atoms with E-state index >= 15 is 0 Å². The number of hydrogen-bond donors (Lipinski definition) is 1. The monoisotopic (exact) mass is 278 g/mol. The normalized spacial score (nSPS) is 20.8. The highest BCUT2D eigenvalue weighted by Crippen LogP contribution is 2.27. The second-order valence-corrected chi connectivity index (χ2v) is 6.00. The molecule has 2 rings (SSSR count). The van der Waals surface area contributed by atoms with E-state index in [2.05, 4.69) is 25.7 Å². The third kappa shape index (κ3) is 3.06. The smallest absolute Gasteiger partial charge is 0.352 e. The van der Waals surface area contributed by atoms with Gasteiger partial charge in [0.05, 0.1) is 0 Å². The summed E-state index contributed by atoms with van der Waals surface area (Å²) < 4.78 is 1.94. The molecular formula is C16H26N2O2. The quantitative estimate of drug-likeness (QED) is 0.899. The van der Waals surface area contributed by atoms with Crippen LogP contribution in [0.25, 0.3) is 0 Å². The lowest BCUT2D eigenvalue weighted by Gasteiger charge is -2.39. The number of rotatable bonds is 5. The number of carboxylic acids is 1. The maximum atomic E-state index is 11.2. The van der Waals surface area contributed by atoms with Crippen LogP contribution in [0.3, 0.4) is 0 Å². The minimum absolute atomic E-state index is 0.330. The van der Waals surface area contributed by atoms with Crippen LogP contribution in [0.2, 0.25) is 0 Å². The summed E-state index contributed by atoms with van der Waals surface area (Å²) in [6.07, 6.45) is 5.19. The minimum atomic E-state index is -0.828. The summed E-state index contributed by atoms with van der Waals surface area (Å²) in [5, 5.41) is 9.20. The van der Waals surface area contributed by atoms with Crippen molar-refractivity contribution in [2.45, 2.75) is 52.1 Å². The number of aromatic carboxylic acids is 1. The van der Waals surface area contributed by atoms with Crippen LogP contribution in [-0.4, -0.2) is 39.7 Å². The fourth-order valence-electron chi connectivity index (χ4n) is 3.17. The van der Waals surface area contributed by atoms with Crippen LogP contribution in [0.15, 0.2) is 18.3 Å². The lowest BCUT2D eigenvalue weighted by molar-refractivity contribution is 0.0672. The zero-order valence-corrected chi connectivity index (χ0v) is 12.7. The van der Waals surface area contributed by atoms with Crippen LogP contribution < -0.4 is 0 Å². The molecule has 0 amide bonds. The third-order valence-electron chi connectivity index (χ3n) is 4.93. The Kier molecular flexibility index (Phi) is 4.86. The molecule has 20 heavy (non-hydrogen) atoms. The molecule has 1 saturated heterocycles. The molecule has 0 spiro atoms. The molecule has 1 aliphatic rings. The van der Waals surface area contributed by atoms with E-state index in [9.17, 15) is 9.90 Å². The number of nitrogens with zero attached hydrogens (tertiary/aromatic N) is 2. The third-order valence-corrected chi connectivity index (χ3v) is 4.93. The molecule has 4 nitrogen and oxygen atoms in total. The molecule has 1 aromatic heterocycles. The highest BCUT2D eigenvalue weighted by atomic mass is 16.4. The maximum absolute atomic E-state index is 11.2. The summed E-state index contributed by atoms with van der Waals surface area (Å²) >= 11 is 0. The first-order valence-electron chi connectivity index (χ1n) is 7.68. The van der Waals surface area contributed by atoms with Gasteiger partial charge in [0, 0.05) is 31.4 Å². The molecule has 2 atom stereocenters. The average Bonchev–Trinajstić information content (AvgIpc) is 2.95. The maximum Gasteiger partial charge on any atom is 0.352 e. The largest absolute Gasteiger partial charge is 0.477 e. The Balaban J connectivity index is 1.97. The molecule has 0 bridgehead atoms. The lowest BCUT2D eigenvalue weighted by Crippen LogP contribution is -2.43. The number of carbonyl (C=O) groups is 1. The van der Waals surface area contributed by atoms with E-state index in [1.165, 1.54) is 6.42 Å². The summed E-state index contributed by atoms with van der Waals surface area (Å²) in [5.41, 5.74) is 0.415. The Labute approximate surface area is 121 Å². The van der Waals surface area contributed by atoms with Gasteiger partial charge in [-0.05, 0) is 37.8 Å². The summed E-state index contributed by atoms with van der Waals surface area (Å²) in [4.78, 5) is 13.7. The molecule has 0 radical (unpaired) electrons. The van der Waals surface area contributed by atoms with Crippen LogP contribution in [0.1, 0.15) is 56.6 Å². The van der Waals surface area contributed by atoms with Gasteiger partial charge in [-0.25, -0.2) is 4.79 Å². The van der Waals surface area contributed by atoms with Gasteiger partial charge in [0.2, 0.25) is 0 Å². The Morgan fingerprint density at radius 3 is 2.60 bits per heavy atom. The van der Waals surface area contributed by atoms with Crippen LogP contribution in [-0.2, 0) is 0 Å². The minimum Gasteiger partial charge on any atom is -0.477 e. The molecule has 4 heteroatoms. The predicted octanol–water partition coefficient (Wildman–Crippen LogP) is 3.26. The van der Waals surface area contributed by atoms with E-state index in [4.69, 9.17) is 0 Å². The molecular weight excluding hydrogens is 252 g/mol. The van der Waals surface area contributed by atoms with Gasteiger partial charge in [-0.15, -0.1) is 0 Å². The summed E-state index contributed by atoms with van der Waals surface area (Å²) in [5.74, 6) is -0.113. The lowest BCUT2D eigenvalue weighted by atomic mass is 9.95. The topological polar surface area (TPSA) is 45.5 Å². The van der Waals surface area contributed by atoms with Gasteiger partial charge in [-0.3, -0.25) is 0 Å². The molecule has 1 aliphatic heterocycles. The fourth-order valence-corrected chi connectivity index (χ4v) is 3.17. The number of piperidine rings is 1. The van der Waals surface area contributed by atoms with Gasteiger partial charge < -0.3 is 14.6 Å². The van der Waals surface area contributed by atoms with Gasteiger partial charge in [-0.2, -0.15) is 0 Å². The first-order chi connectivity index (χ1) is 9.54. The van der Waals surface area contributed by atoms with Gasteiger partial charge >= 0.3 is 5.97 Å². The summed E-state index contributed by atoms with van der Waals surface area (Å²) in [6, 6.07) is 4.47. The first-order valence-corrected chi connectivity index (χ1v) is 7.68. The second kappa shape index (κ2) is 6.44. The number of carboxylic acid groups (broad SMARTS) is 1. The molecule has 0 saturated carbocycles. The van der Waals surface area contributed by atoms with Crippen LogP contribution >= 0.6 is 0 Å². The van der Waals surface area contributed by atoms with Crippen LogP contribution in [0.4, 0.5) is 0 Å². The Bertz CT molecular complexity index is 447. The number of likely N-dealkylation sites (tertiary alicyclic amines) is 1. The van der Waals surface area contributed by atoms with Gasteiger partial charge in [0.25, 0.3) is 0 Å². The molecule has 1 aromatic rings. The second-order valence-electron chi connectivity index (χ2n) is 6.00. The Morgan fingerprint density at radius 1 is 1.40 bits per heavy atom. The van der Waals surface area contributed by atoms with Crippen molar-refractivity contribution in [3.8, 4) is 0 Å². The molecule has 1 fully saturated rings. The van der Waals surface area contributed by atoms with E-state index in [0.717, 1.165) is 25.9 Å². The van der Waals surface area contributed by atoms with Crippen molar-refractivity contribution < 1.29 is 9.90 Å². The van der Waals surface area contributed by atoms with Crippen molar-refractivity contribution in [1.82, 2.24) is 9.47 Å². The number of hydrogen-bond acceptors (Lipinski definition) is 2. The van der Waals surface area contributed by atoms with Crippen LogP contribution in [0, 0.1) is 5.92 Å². The first kappa shape index (κ1) is 15.1. The van der Waals surface area contributed by atoms with E-state index in [1.54, 1.807) is 6.07 Å². The Morgan fingerprint density at radius 2 is 2.05 bits per heavy atom. The van der Waals surface area contributed by atoms with Gasteiger partial charge in [0.15, 0.2) is 0 Å². The molecule has 2 heterocycles. The van der Waals surface area contributed by atoms with E-state index in [-0.39, 0.29) is 0 Å². The number of aromatic nitrogens is 1. The zero-order chi connectivity index (χ0) is 14.7.